The van der Waals surface area contributed by atoms with Gasteiger partial charge in [0, 0.05) is 87.5 Å². The van der Waals surface area contributed by atoms with Gasteiger partial charge in [-0.3, -0.25) is 14.5 Å². The first kappa shape index (κ1) is 38.0. The molecule has 4 N–H and O–H groups in total. The number of pyridine rings is 1. The van der Waals surface area contributed by atoms with Crippen LogP contribution < -0.4 is 21.1 Å². The van der Waals surface area contributed by atoms with Gasteiger partial charge < -0.3 is 30.7 Å². The maximum absolute atomic E-state index is 14.7. The van der Waals surface area contributed by atoms with Crippen molar-refractivity contribution in [3.63, 3.8) is 0 Å². The van der Waals surface area contributed by atoms with Gasteiger partial charge in [0.2, 0.25) is 5.91 Å². The number of hydrogen-bond acceptors (Lipinski definition) is 9. The minimum Gasteiger partial charge on any atom is -0.497 e. The molecular formula is C43H52N8O4. The molecule has 7 rings (SSSR count). The molecule has 0 aliphatic carbocycles. The Morgan fingerprint density at radius 2 is 1.73 bits per heavy atom. The molecule has 0 bridgehead atoms. The third-order valence-corrected chi connectivity index (χ3v) is 10.7. The second-order valence-corrected chi connectivity index (χ2v) is 14.4. The second kappa shape index (κ2) is 17.4. The summed E-state index contributed by atoms with van der Waals surface area (Å²) in [6, 6.07) is 21.7. The topological polar surface area (TPSA) is 140 Å². The molecule has 2 aromatic heterocycles. The molecule has 3 aromatic carbocycles. The number of amides is 2. The number of anilines is 1. The summed E-state index contributed by atoms with van der Waals surface area (Å²) in [5, 5.41) is 12.9. The van der Waals surface area contributed by atoms with Crippen LogP contribution in [0.25, 0.3) is 22.2 Å². The molecule has 12 nitrogen and oxygen atoms in total. The van der Waals surface area contributed by atoms with Crippen molar-refractivity contribution < 1.29 is 19.1 Å². The fourth-order valence-electron chi connectivity index (χ4n) is 7.69. The molecule has 2 fully saturated rings. The van der Waals surface area contributed by atoms with Crippen LogP contribution in [0.4, 0.5) is 5.69 Å². The molecule has 2 amide bonds. The number of ether oxygens (including phenoxy) is 2. The number of rotatable bonds is 14. The number of aromatic nitrogens is 3. The number of benzene rings is 3. The third-order valence-electron chi connectivity index (χ3n) is 10.7. The van der Waals surface area contributed by atoms with Gasteiger partial charge in [0.25, 0.3) is 5.91 Å². The zero-order chi connectivity index (χ0) is 38.3. The van der Waals surface area contributed by atoms with Crippen molar-refractivity contribution in [3.8, 4) is 16.9 Å². The Balaban J connectivity index is 1.29. The van der Waals surface area contributed by atoms with Crippen LogP contribution in [0.2, 0.25) is 0 Å². The molecule has 0 spiro atoms. The number of carbonyl (C=O) groups excluding carboxylic acids is 2. The summed E-state index contributed by atoms with van der Waals surface area (Å²) in [6.07, 6.45) is 4.29. The highest BCUT2D eigenvalue weighted by Crippen LogP contribution is 2.34. The fourth-order valence-corrected chi connectivity index (χ4v) is 7.69. The lowest BCUT2D eigenvalue weighted by Gasteiger charge is -2.29. The van der Waals surface area contributed by atoms with E-state index in [-0.39, 0.29) is 30.6 Å². The number of primary amides is 1. The van der Waals surface area contributed by atoms with E-state index >= 15 is 0 Å². The number of nitrogens with two attached hydrogens (primary N) is 1. The summed E-state index contributed by atoms with van der Waals surface area (Å²) in [7, 11) is 1.67. The number of methoxy groups -OCH3 is 1. The van der Waals surface area contributed by atoms with Crippen molar-refractivity contribution in [1.29, 1.82) is 0 Å². The number of nitrogens with zero attached hydrogens (tertiary/aromatic N) is 5. The van der Waals surface area contributed by atoms with Gasteiger partial charge in [-0.05, 0) is 90.9 Å². The number of fused-ring (bicyclic) bond motifs is 1. The molecule has 5 aromatic rings. The second-order valence-electron chi connectivity index (χ2n) is 14.4. The highest BCUT2D eigenvalue weighted by molar-refractivity contribution is 5.99. The summed E-state index contributed by atoms with van der Waals surface area (Å²) in [5.74, 6) is -0.111. The van der Waals surface area contributed by atoms with Gasteiger partial charge in [-0.25, -0.2) is 9.67 Å². The lowest BCUT2D eigenvalue weighted by atomic mass is 9.99. The van der Waals surface area contributed by atoms with Crippen LogP contribution in [0.3, 0.4) is 0 Å². The lowest BCUT2D eigenvalue weighted by molar-refractivity contribution is 0.0729. The predicted molar refractivity (Wildman–Crippen MR) is 215 cm³/mol. The molecule has 2 aliphatic rings. The van der Waals surface area contributed by atoms with Gasteiger partial charge in [-0.15, -0.1) is 0 Å². The average molecular weight is 745 g/mol. The van der Waals surface area contributed by atoms with Gasteiger partial charge in [-0.2, -0.15) is 5.10 Å². The van der Waals surface area contributed by atoms with E-state index in [9.17, 15) is 9.59 Å². The summed E-state index contributed by atoms with van der Waals surface area (Å²) < 4.78 is 13.5. The van der Waals surface area contributed by atoms with Crippen molar-refractivity contribution in [1.82, 2.24) is 29.9 Å². The number of nitrogens with one attached hydrogen (secondary N) is 2. The first-order valence-electron chi connectivity index (χ1n) is 19.4. The predicted octanol–water partition coefficient (Wildman–Crippen LogP) is 5.63. The van der Waals surface area contributed by atoms with Crippen LogP contribution in [0.15, 0.2) is 72.9 Å². The number of piperazine rings is 1. The number of carbonyl (C=O) groups is 2. The smallest absolute Gasteiger partial charge is 0.254 e. The molecule has 0 atom stereocenters. The Morgan fingerprint density at radius 1 is 0.964 bits per heavy atom. The summed E-state index contributed by atoms with van der Waals surface area (Å²) >= 11 is 0. The Labute approximate surface area is 323 Å². The molecule has 12 heteroatoms. The Kier molecular flexibility index (Phi) is 12.1. The van der Waals surface area contributed by atoms with E-state index in [1.807, 2.05) is 27.9 Å². The molecule has 0 saturated carbocycles. The van der Waals surface area contributed by atoms with Crippen LogP contribution >= 0.6 is 0 Å². The van der Waals surface area contributed by atoms with Gasteiger partial charge in [0.1, 0.15) is 5.75 Å². The molecular weight excluding hydrogens is 693 g/mol. The quantitative estimate of drug-likeness (QED) is 0.132. The van der Waals surface area contributed by atoms with E-state index in [4.69, 9.17) is 20.2 Å². The molecule has 288 valence electrons. The highest BCUT2D eigenvalue weighted by Gasteiger charge is 2.26. The molecule has 2 aliphatic heterocycles. The van der Waals surface area contributed by atoms with Crippen LogP contribution in [0.1, 0.15) is 69.8 Å². The lowest BCUT2D eigenvalue weighted by Crippen LogP contribution is -2.42. The highest BCUT2D eigenvalue weighted by atomic mass is 16.5. The first-order chi connectivity index (χ1) is 26.8. The van der Waals surface area contributed by atoms with Gasteiger partial charge in [-0.1, -0.05) is 31.2 Å². The fraction of sp³-hybridized carbons (Fsp3) is 0.395. The zero-order valence-corrected chi connectivity index (χ0v) is 32.1. The Hall–Kier alpha value is -5.30. The van der Waals surface area contributed by atoms with E-state index in [2.05, 4.69) is 64.8 Å². The number of aryl methyl sites for hydroxylation is 2. The average Bonchev–Trinajstić information content (AvgIpc) is 3.64. The van der Waals surface area contributed by atoms with Gasteiger partial charge in [0.05, 0.1) is 30.9 Å². The van der Waals surface area contributed by atoms with Gasteiger partial charge >= 0.3 is 0 Å². The number of hydrogen-bond donors (Lipinski definition) is 3. The molecule has 2 saturated heterocycles. The Morgan fingerprint density at radius 3 is 2.47 bits per heavy atom. The summed E-state index contributed by atoms with van der Waals surface area (Å²) in [4.78, 5) is 36.4. The van der Waals surface area contributed by atoms with Crippen LogP contribution in [-0.4, -0.2) is 88.9 Å². The molecule has 0 radical (unpaired) electrons. The third kappa shape index (κ3) is 8.83. The maximum atomic E-state index is 14.7. The minimum atomic E-state index is -0.586. The van der Waals surface area contributed by atoms with Crippen LogP contribution in [0.5, 0.6) is 5.75 Å². The van der Waals surface area contributed by atoms with E-state index in [1.165, 1.54) is 5.56 Å². The first-order valence-corrected chi connectivity index (χ1v) is 19.4. The zero-order valence-electron chi connectivity index (χ0n) is 32.1. The Bertz CT molecular complexity index is 2140. The van der Waals surface area contributed by atoms with Crippen LogP contribution in [-0.2, 0) is 37.3 Å². The molecule has 55 heavy (non-hydrogen) atoms. The molecule has 4 heterocycles. The summed E-state index contributed by atoms with van der Waals surface area (Å²) in [5.41, 5.74) is 14.2. The van der Waals surface area contributed by atoms with E-state index in [0.29, 0.717) is 37.5 Å². The van der Waals surface area contributed by atoms with Crippen LogP contribution in [0, 0.1) is 0 Å². The van der Waals surface area contributed by atoms with E-state index in [1.54, 1.807) is 31.4 Å². The SMILES string of the molecule is CCc1nc2c(cnn2CC)c(NC2CCOCC2)c1CN(Cc1cc(OC)cc(-c2cccc(CN3CCNCC3)c2)c1)C(=O)c1cccc(C(N)=O)c1. The summed E-state index contributed by atoms with van der Waals surface area (Å²) in [6.45, 7) is 11.7. The van der Waals surface area contributed by atoms with Crippen molar-refractivity contribution >= 4 is 28.5 Å². The van der Waals surface area contributed by atoms with E-state index < -0.39 is 5.91 Å². The largest absolute Gasteiger partial charge is 0.497 e. The van der Waals surface area contributed by atoms with Crippen molar-refractivity contribution in [2.45, 2.75) is 65.3 Å². The molecule has 0 unspecified atom stereocenters. The van der Waals surface area contributed by atoms with Crippen molar-refractivity contribution in [2.75, 3.05) is 51.8 Å². The minimum absolute atomic E-state index is 0.201. The van der Waals surface area contributed by atoms with E-state index in [0.717, 1.165) is 90.2 Å². The standard InChI is InChI=1S/C43H52N8O4/c1-4-39-38(40(47-35-12-18-55-19-13-35)37-25-46-51(5-2)42(37)48-39)28-50(43(53)33-11-7-10-32(23-33)41(44)52)27-30-21-34(24-36(22-30)54-3)31-9-6-8-29(20-31)26-49-16-14-45-15-17-49/h6-11,20-25,35,45H,4-5,12-19,26-28H2,1-3H3,(H2,44,52)(H,47,48). The van der Waals surface area contributed by atoms with Crippen molar-refractivity contribution in [2.24, 2.45) is 5.73 Å². The van der Waals surface area contributed by atoms with Crippen molar-refractivity contribution in [3.05, 3.63) is 106 Å². The maximum Gasteiger partial charge on any atom is 0.254 e. The van der Waals surface area contributed by atoms with Gasteiger partial charge in [0.15, 0.2) is 5.65 Å². The normalized spacial score (nSPS) is 15.3. The monoisotopic (exact) mass is 744 g/mol.